The number of hydrogen-bond acceptors (Lipinski definition) is 6. The molecule has 0 saturated heterocycles. The van der Waals surface area contributed by atoms with E-state index in [2.05, 4.69) is 5.32 Å². The second-order valence-corrected chi connectivity index (χ2v) is 8.50. The van der Waals surface area contributed by atoms with E-state index in [0.29, 0.717) is 22.5 Å². The number of rotatable bonds is 4. The van der Waals surface area contributed by atoms with Gasteiger partial charge in [-0.05, 0) is 49.4 Å². The van der Waals surface area contributed by atoms with Crippen LogP contribution < -0.4 is 15.1 Å². The van der Waals surface area contributed by atoms with Crippen LogP contribution in [-0.4, -0.2) is 42.2 Å². The largest absolute Gasteiger partial charge is 0.452 e. The molecule has 1 unspecified atom stereocenters. The number of nitrogens with zero attached hydrogens (tertiary/aromatic N) is 2. The number of ether oxygens (including phenoxy) is 1. The van der Waals surface area contributed by atoms with Crippen molar-refractivity contribution in [2.24, 2.45) is 0 Å². The lowest BCUT2D eigenvalue weighted by molar-refractivity contribution is -0.122. The van der Waals surface area contributed by atoms with Gasteiger partial charge in [0.05, 0.1) is 33.8 Å². The maximum Gasteiger partial charge on any atom is 0.338 e. The Balaban J connectivity index is 1.32. The van der Waals surface area contributed by atoms with Crippen molar-refractivity contribution in [2.45, 2.75) is 19.4 Å². The summed E-state index contributed by atoms with van der Waals surface area (Å²) in [7, 11) is 0. The molecule has 0 aromatic heterocycles. The molecule has 4 amide bonds. The van der Waals surface area contributed by atoms with Crippen molar-refractivity contribution in [3.63, 3.8) is 0 Å². The third kappa shape index (κ3) is 4.00. The molecule has 9 nitrogen and oxygen atoms in total. The third-order valence-corrected chi connectivity index (χ3v) is 6.09. The first kappa shape index (κ1) is 23.0. The molecule has 0 bridgehead atoms. The lowest BCUT2D eigenvalue weighted by atomic mass is 10.1. The average molecular weight is 483 g/mol. The van der Waals surface area contributed by atoms with Crippen LogP contribution in [0.1, 0.15) is 44.4 Å². The van der Waals surface area contributed by atoms with Gasteiger partial charge in [-0.15, -0.1) is 0 Å². The summed E-state index contributed by atoms with van der Waals surface area (Å²) in [5.74, 6) is -2.45. The molecule has 5 rings (SSSR count). The Bertz CT molecular complexity index is 1400. The fraction of sp³-hybridized carbons (Fsp3) is 0.148. The van der Waals surface area contributed by atoms with E-state index in [1.165, 1.54) is 23.1 Å². The van der Waals surface area contributed by atoms with E-state index in [4.69, 9.17) is 4.74 Å². The number of amides is 4. The Kier molecular flexibility index (Phi) is 5.81. The number of para-hydroxylation sites is 2. The molecule has 3 aromatic rings. The Hall–Kier alpha value is -4.79. The molecule has 9 heteroatoms. The first-order valence-corrected chi connectivity index (χ1v) is 11.3. The number of benzene rings is 3. The van der Waals surface area contributed by atoms with Crippen molar-refractivity contribution in [3.05, 3.63) is 89.5 Å². The molecule has 0 aliphatic carbocycles. The summed E-state index contributed by atoms with van der Waals surface area (Å²) in [6.45, 7) is 1.19. The van der Waals surface area contributed by atoms with Gasteiger partial charge in [-0.3, -0.25) is 19.2 Å². The first-order chi connectivity index (χ1) is 17.3. The SMILES string of the molecule is CC1CC(=O)Nc2ccccc2N1C(=O)COC(=O)c1cccc(N2C(=O)c3ccccc3C2=O)c1. The number of imide groups is 1. The quantitative estimate of drug-likeness (QED) is 0.450. The Labute approximate surface area is 206 Å². The number of anilines is 3. The molecular weight excluding hydrogens is 462 g/mol. The average Bonchev–Trinajstić information content (AvgIpc) is 3.04. The zero-order valence-corrected chi connectivity index (χ0v) is 19.3. The predicted octanol–water partition coefficient (Wildman–Crippen LogP) is 3.41. The van der Waals surface area contributed by atoms with Gasteiger partial charge in [0, 0.05) is 12.5 Å². The molecule has 0 fully saturated rings. The smallest absolute Gasteiger partial charge is 0.338 e. The highest BCUT2D eigenvalue weighted by atomic mass is 16.5. The standard InChI is InChI=1S/C27H21N3O6/c1-16-13-23(31)28-21-11-4-5-12-22(21)29(16)24(32)15-36-27(35)17-7-6-8-18(14-17)30-25(33)19-9-2-3-10-20(19)26(30)34/h2-12,14,16H,13,15H2,1H3,(H,28,31). The maximum absolute atomic E-state index is 13.1. The van der Waals surface area contributed by atoms with Crippen LogP contribution >= 0.6 is 0 Å². The van der Waals surface area contributed by atoms with Gasteiger partial charge >= 0.3 is 5.97 Å². The van der Waals surface area contributed by atoms with Gasteiger partial charge in [0.25, 0.3) is 17.7 Å². The van der Waals surface area contributed by atoms with Gasteiger partial charge in [0.1, 0.15) is 0 Å². The van der Waals surface area contributed by atoms with Crippen molar-refractivity contribution in [3.8, 4) is 0 Å². The molecule has 0 radical (unpaired) electrons. The monoisotopic (exact) mass is 483 g/mol. The van der Waals surface area contributed by atoms with E-state index in [9.17, 15) is 24.0 Å². The third-order valence-electron chi connectivity index (χ3n) is 6.09. The van der Waals surface area contributed by atoms with Crippen molar-refractivity contribution < 1.29 is 28.7 Å². The highest BCUT2D eigenvalue weighted by molar-refractivity contribution is 6.34. The Morgan fingerprint density at radius 3 is 2.31 bits per heavy atom. The minimum Gasteiger partial charge on any atom is -0.452 e. The van der Waals surface area contributed by atoms with Crippen LogP contribution in [0.25, 0.3) is 0 Å². The lowest BCUT2D eigenvalue weighted by Gasteiger charge is -2.27. The zero-order valence-electron chi connectivity index (χ0n) is 19.3. The summed E-state index contributed by atoms with van der Waals surface area (Å²) in [6, 6.07) is 18.9. The van der Waals surface area contributed by atoms with Crippen LogP contribution in [0, 0.1) is 0 Å². The molecule has 3 aromatic carbocycles. The molecule has 1 atom stereocenters. The summed E-state index contributed by atoms with van der Waals surface area (Å²) < 4.78 is 5.28. The van der Waals surface area contributed by atoms with Crippen molar-refractivity contribution in [2.75, 3.05) is 21.7 Å². The van der Waals surface area contributed by atoms with E-state index in [1.807, 2.05) is 0 Å². The second kappa shape index (κ2) is 9.10. The number of carbonyl (C=O) groups excluding carboxylic acids is 5. The zero-order chi connectivity index (χ0) is 25.4. The fourth-order valence-corrected chi connectivity index (χ4v) is 4.44. The van der Waals surface area contributed by atoms with Gasteiger partial charge in [0.15, 0.2) is 6.61 Å². The summed E-state index contributed by atoms with van der Waals surface area (Å²) >= 11 is 0. The molecule has 2 heterocycles. The molecule has 2 aliphatic rings. The summed E-state index contributed by atoms with van der Waals surface area (Å²) in [4.78, 5) is 66.0. The molecule has 0 spiro atoms. The maximum atomic E-state index is 13.1. The molecule has 180 valence electrons. The number of esters is 1. The van der Waals surface area contributed by atoms with Gasteiger partial charge in [-0.1, -0.05) is 30.3 Å². The van der Waals surface area contributed by atoms with Crippen LogP contribution in [-0.2, 0) is 14.3 Å². The van der Waals surface area contributed by atoms with Crippen LogP contribution in [0.3, 0.4) is 0 Å². The van der Waals surface area contributed by atoms with Gasteiger partial charge < -0.3 is 15.0 Å². The molecule has 2 aliphatic heterocycles. The molecule has 36 heavy (non-hydrogen) atoms. The Morgan fingerprint density at radius 1 is 0.917 bits per heavy atom. The highest BCUT2D eigenvalue weighted by Gasteiger charge is 2.36. The summed E-state index contributed by atoms with van der Waals surface area (Å²) in [6.07, 6.45) is 0.0939. The first-order valence-electron chi connectivity index (χ1n) is 11.3. The van der Waals surface area contributed by atoms with Crippen LogP contribution in [0.4, 0.5) is 17.1 Å². The molecule has 0 saturated carbocycles. The van der Waals surface area contributed by atoms with E-state index in [1.54, 1.807) is 61.5 Å². The van der Waals surface area contributed by atoms with Crippen LogP contribution in [0.5, 0.6) is 0 Å². The van der Waals surface area contributed by atoms with Gasteiger partial charge in [-0.2, -0.15) is 0 Å². The van der Waals surface area contributed by atoms with Gasteiger partial charge in [-0.25, -0.2) is 9.69 Å². The van der Waals surface area contributed by atoms with Crippen LogP contribution in [0.15, 0.2) is 72.8 Å². The highest BCUT2D eigenvalue weighted by Crippen LogP contribution is 2.32. The van der Waals surface area contributed by atoms with E-state index in [-0.39, 0.29) is 23.6 Å². The van der Waals surface area contributed by atoms with Crippen LogP contribution in [0.2, 0.25) is 0 Å². The van der Waals surface area contributed by atoms with E-state index < -0.39 is 36.3 Å². The summed E-state index contributed by atoms with van der Waals surface area (Å²) in [5, 5.41) is 2.77. The minimum absolute atomic E-state index is 0.0815. The summed E-state index contributed by atoms with van der Waals surface area (Å²) in [5.41, 5.74) is 1.91. The number of nitrogens with one attached hydrogen (secondary N) is 1. The lowest BCUT2D eigenvalue weighted by Crippen LogP contribution is -2.41. The second-order valence-electron chi connectivity index (χ2n) is 8.50. The fourth-order valence-electron chi connectivity index (χ4n) is 4.44. The number of fused-ring (bicyclic) bond motifs is 2. The number of hydrogen-bond donors (Lipinski definition) is 1. The predicted molar refractivity (Wildman–Crippen MR) is 131 cm³/mol. The Morgan fingerprint density at radius 2 is 1.58 bits per heavy atom. The topological polar surface area (TPSA) is 113 Å². The van der Waals surface area contributed by atoms with Crippen molar-refractivity contribution >= 4 is 46.7 Å². The number of carbonyl (C=O) groups is 5. The molecular formula is C27H21N3O6. The normalized spacial score (nSPS) is 16.7. The van der Waals surface area contributed by atoms with Crippen molar-refractivity contribution in [1.29, 1.82) is 0 Å². The minimum atomic E-state index is -0.785. The van der Waals surface area contributed by atoms with E-state index in [0.717, 1.165) is 4.90 Å². The molecule has 1 N–H and O–H groups in total. The van der Waals surface area contributed by atoms with Crippen molar-refractivity contribution in [1.82, 2.24) is 0 Å². The van der Waals surface area contributed by atoms with E-state index >= 15 is 0 Å². The van der Waals surface area contributed by atoms with Gasteiger partial charge in [0.2, 0.25) is 5.91 Å².